The molecule has 0 saturated heterocycles. The molecule has 0 spiro atoms. The van der Waals surface area contributed by atoms with Gasteiger partial charge in [-0.3, -0.25) is 0 Å². The summed E-state index contributed by atoms with van der Waals surface area (Å²) in [5.41, 5.74) is 3.48. The summed E-state index contributed by atoms with van der Waals surface area (Å²) in [6, 6.07) is 19.3. The molecule has 168 valence electrons. The maximum absolute atomic E-state index is 9.54. The van der Waals surface area contributed by atoms with Crippen molar-refractivity contribution in [3.05, 3.63) is 54.1 Å². The van der Waals surface area contributed by atoms with Crippen molar-refractivity contribution in [1.82, 2.24) is 0 Å². The van der Waals surface area contributed by atoms with E-state index < -0.39 is 0 Å². The smallest absolute Gasteiger partial charge is 0.119 e. The molecule has 2 aromatic carbocycles. The quantitative estimate of drug-likeness (QED) is 0.270. The van der Waals surface area contributed by atoms with Crippen molar-refractivity contribution in [3.63, 3.8) is 0 Å². The second kappa shape index (κ2) is 14.7. The molecule has 2 nitrogen and oxygen atoms in total. The highest BCUT2D eigenvalue weighted by Gasteiger charge is 2.14. The first-order chi connectivity index (χ1) is 15.2. The van der Waals surface area contributed by atoms with E-state index in [1.807, 2.05) is 0 Å². The molecule has 0 fully saturated rings. The van der Waals surface area contributed by atoms with Gasteiger partial charge in [0, 0.05) is 0 Å². The molecular weight excluding hydrogens is 378 g/mol. The van der Waals surface area contributed by atoms with Crippen molar-refractivity contribution in [2.75, 3.05) is 6.61 Å². The number of benzene rings is 2. The highest BCUT2D eigenvalue weighted by molar-refractivity contribution is 5.64. The maximum Gasteiger partial charge on any atom is 0.119 e. The molecule has 2 rings (SSSR count). The summed E-state index contributed by atoms with van der Waals surface area (Å²) in [6.07, 6.45) is 12.6. The van der Waals surface area contributed by atoms with Crippen LogP contribution in [0.25, 0.3) is 11.1 Å². The van der Waals surface area contributed by atoms with Crippen LogP contribution in [-0.4, -0.2) is 6.61 Å². The molecule has 2 unspecified atom stereocenters. The number of unbranched alkanes of at least 4 members (excludes halogenated alkanes) is 7. The van der Waals surface area contributed by atoms with Crippen LogP contribution < -0.4 is 4.74 Å². The van der Waals surface area contributed by atoms with Crippen molar-refractivity contribution in [3.8, 4) is 22.9 Å². The number of nitriles is 1. The fourth-order valence-electron chi connectivity index (χ4n) is 3.91. The highest BCUT2D eigenvalue weighted by Crippen LogP contribution is 2.28. The number of ether oxygens (including phenoxy) is 1. The molecule has 0 bridgehead atoms. The van der Waals surface area contributed by atoms with Gasteiger partial charge in [0.1, 0.15) is 5.75 Å². The van der Waals surface area contributed by atoms with Crippen molar-refractivity contribution in [2.45, 2.75) is 90.9 Å². The highest BCUT2D eigenvalue weighted by atomic mass is 16.5. The monoisotopic (exact) mass is 419 g/mol. The molecule has 0 amide bonds. The van der Waals surface area contributed by atoms with Crippen LogP contribution >= 0.6 is 0 Å². The Hall–Kier alpha value is -2.27. The molecule has 0 aliphatic rings. The topological polar surface area (TPSA) is 33.0 Å². The zero-order valence-electron chi connectivity index (χ0n) is 19.9. The molecule has 0 aliphatic heterocycles. The van der Waals surface area contributed by atoms with Crippen LogP contribution in [-0.2, 0) is 0 Å². The summed E-state index contributed by atoms with van der Waals surface area (Å²) in [6.45, 7) is 7.47. The third-order valence-electron chi connectivity index (χ3n) is 6.26. The van der Waals surface area contributed by atoms with Crippen LogP contribution in [0.1, 0.15) is 96.5 Å². The van der Waals surface area contributed by atoms with Gasteiger partial charge in [-0.2, -0.15) is 5.26 Å². The average molecular weight is 420 g/mol. The van der Waals surface area contributed by atoms with E-state index in [1.165, 1.54) is 56.1 Å². The number of nitrogens with zero attached hydrogens (tertiary/aromatic N) is 1. The second-order valence-corrected chi connectivity index (χ2v) is 8.90. The molecule has 2 heteroatoms. The van der Waals surface area contributed by atoms with Crippen LogP contribution in [0, 0.1) is 17.2 Å². The molecule has 31 heavy (non-hydrogen) atoms. The van der Waals surface area contributed by atoms with Crippen molar-refractivity contribution >= 4 is 0 Å². The Morgan fingerprint density at radius 2 is 1.32 bits per heavy atom. The third kappa shape index (κ3) is 9.18. The van der Waals surface area contributed by atoms with Crippen LogP contribution in [0.4, 0.5) is 0 Å². The predicted molar refractivity (Wildman–Crippen MR) is 132 cm³/mol. The first-order valence-corrected chi connectivity index (χ1v) is 12.4. The lowest BCUT2D eigenvalue weighted by molar-refractivity contribution is 0.304. The lowest BCUT2D eigenvalue weighted by Gasteiger charge is -2.14. The van der Waals surface area contributed by atoms with E-state index in [0.717, 1.165) is 37.2 Å². The number of hydrogen-bond acceptors (Lipinski definition) is 2. The Balaban J connectivity index is 1.76. The summed E-state index contributed by atoms with van der Waals surface area (Å²) >= 11 is 0. The minimum atomic E-state index is -0.0175. The van der Waals surface area contributed by atoms with Gasteiger partial charge in [0.25, 0.3) is 0 Å². The van der Waals surface area contributed by atoms with Crippen LogP contribution in [0.3, 0.4) is 0 Å². The lowest BCUT2D eigenvalue weighted by Crippen LogP contribution is -2.02. The van der Waals surface area contributed by atoms with E-state index in [-0.39, 0.29) is 5.92 Å². The normalized spacial score (nSPS) is 12.8. The minimum absolute atomic E-state index is 0.0175. The molecule has 0 heterocycles. The Labute approximate surface area is 190 Å². The van der Waals surface area contributed by atoms with Crippen LogP contribution in [0.2, 0.25) is 0 Å². The van der Waals surface area contributed by atoms with E-state index in [4.69, 9.17) is 4.74 Å². The summed E-state index contributed by atoms with van der Waals surface area (Å²) in [5, 5.41) is 9.54. The van der Waals surface area contributed by atoms with Gasteiger partial charge < -0.3 is 4.74 Å². The van der Waals surface area contributed by atoms with E-state index in [1.54, 1.807) is 0 Å². The largest absolute Gasteiger partial charge is 0.494 e. The summed E-state index contributed by atoms with van der Waals surface area (Å²) in [5.74, 6) is 1.50. The number of rotatable bonds is 15. The minimum Gasteiger partial charge on any atom is -0.494 e. The standard InChI is InChI=1S/C29H41NO/c1-4-6-7-8-9-10-11-12-21-31-29-19-17-26(18-20-29)25-13-15-27(16-14-25)28(23-30)22-24(3)5-2/h13-20,24,28H,4-12,21-22H2,1-3H3. The van der Waals surface area contributed by atoms with Gasteiger partial charge in [-0.05, 0) is 47.6 Å². The molecule has 0 aromatic heterocycles. The molecular formula is C29H41NO. The van der Waals surface area contributed by atoms with Crippen molar-refractivity contribution in [2.24, 2.45) is 5.92 Å². The maximum atomic E-state index is 9.54. The van der Waals surface area contributed by atoms with E-state index in [9.17, 15) is 5.26 Å². The van der Waals surface area contributed by atoms with E-state index in [2.05, 4.69) is 75.4 Å². The van der Waals surface area contributed by atoms with Gasteiger partial charge >= 0.3 is 0 Å². The van der Waals surface area contributed by atoms with Crippen molar-refractivity contribution < 1.29 is 4.74 Å². The van der Waals surface area contributed by atoms with Gasteiger partial charge in [-0.15, -0.1) is 0 Å². The third-order valence-corrected chi connectivity index (χ3v) is 6.26. The fraction of sp³-hybridized carbons (Fsp3) is 0.552. The molecule has 2 aromatic rings. The zero-order valence-corrected chi connectivity index (χ0v) is 19.9. The first kappa shape index (κ1) is 25.0. The zero-order chi connectivity index (χ0) is 22.3. The summed E-state index contributed by atoms with van der Waals surface area (Å²) in [4.78, 5) is 0. The SMILES string of the molecule is CCCCCCCCCCOc1ccc(-c2ccc(C(C#N)CC(C)CC)cc2)cc1. The predicted octanol–water partition coefficient (Wildman–Crippen LogP) is 8.92. The van der Waals surface area contributed by atoms with Crippen molar-refractivity contribution in [1.29, 1.82) is 5.26 Å². The Morgan fingerprint density at radius 1 is 0.774 bits per heavy atom. The molecule has 0 saturated carbocycles. The average Bonchev–Trinajstić information content (AvgIpc) is 2.82. The first-order valence-electron chi connectivity index (χ1n) is 12.4. The van der Waals surface area contributed by atoms with Crippen LogP contribution in [0.5, 0.6) is 5.75 Å². The van der Waals surface area contributed by atoms with Gasteiger partial charge in [-0.25, -0.2) is 0 Å². The summed E-state index contributed by atoms with van der Waals surface area (Å²) in [7, 11) is 0. The number of hydrogen-bond donors (Lipinski definition) is 0. The molecule has 0 radical (unpaired) electrons. The lowest BCUT2D eigenvalue weighted by atomic mass is 9.89. The van der Waals surface area contributed by atoms with Crippen LogP contribution in [0.15, 0.2) is 48.5 Å². The Morgan fingerprint density at radius 3 is 1.87 bits per heavy atom. The molecule has 2 atom stereocenters. The van der Waals surface area contributed by atoms with E-state index >= 15 is 0 Å². The van der Waals surface area contributed by atoms with Gasteiger partial charge in [-0.1, -0.05) is 109 Å². The second-order valence-electron chi connectivity index (χ2n) is 8.90. The molecule has 0 N–H and O–H groups in total. The fourth-order valence-corrected chi connectivity index (χ4v) is 3.91. The molecule has 0 aliphatic carbocycles. The Kier molecular flexibility index (Phi) is 11.8. The van der Waals surface area contributed by atoms with E-state index in [0.29, 0.717) is 5.92 Å². The van der Waals surface area contributed by atoms with Gasteiger partial charge in [0.15, 0.2) is 0 Å². The van der Waals surface area contributed by atoms with Gasteiger partial charge in [0.05, 0.1) is 18.6 Å². The Bertz CT molecular complexity index is 757. The van der Waals surface area contributed by atoms with Gasteiger partial charge in [0.2, 0.25) is 0 Å². The summed E-state index contributed by atoms with van der Waals surface area (Å²) < 4.78 is 5.92.